The summed E-state index contributed by atoms with van der Waals surface area (Å²) >= 11 is 6.25. The van der Waals surface area contributed by atoms with Crippen LogP contribution in [-0.4, -0.2) is 27.8 Å². The molecule has 32 heavy (non-hydrogen) atoms. The van der Waals surface area contributed by atoms with E-state index < -0.39 is 5.91 Å². The minimum absolute atomic E-state index is 0. The van der Waals surface area contributed by atoms with E-state index in [4.69, 9.17) is 11.6 Å². The van der Waals surface area contributed by atoms with Crippen LogP contribution in [0.15, 0.2) is 73.1 Å². The summed E-state index contributed by atoms with van der Waals surface area (Å²) in [6.07, 6.45) is 4.26. The molecule has 0 saturated heterocycles. The number of rotatable bonds is 5. The largest absolute Gasteiger partial charge is 0.349 e. The van der Waals surface area contributed by atoms with Crippen LogP contribution in [0.2, 0.25) is 5.02 Å². The summed E-state index contributed by atoms with van der Waals surface area (Å²) in [5.74, 6) is -0.287. The highest BCUT2D eigenvalue weighted by Gasteiger charge is 2.39. The van der Waals surface area contributed by atoms with E-state index in [0.717, 1.165) is 17.5 Å². The fourth-order valence-electron chi connectivity index (χ4n) is 3.72. The van der Waals surface area contributed by atoms with Gasteiger partial charge < -0.3 is 15.6 Å². The van der Waals surface area contributed by atoms with Crippen molar-refractivity contribution >= 4 is 52.5 Å². The van der Waals surface area contributed by atoms with Gasteiger partial charge in [-0.2, -0.15) is 0 Å². The van der Waals surface area contributed by atoms with Crippen molar-refractivity contribution in [2.75, 3.05) is 5.32 Å². The zero-order valence-electron chi connectivity index (χ0n) is 16.8. The lowest BCUT2D eigenvalue weighted by Gasteiger charge is -2.10. The third-order valence-corrected chi connectivity index (χ3v) is 5.80. The number of aromatic nitrogens is 2. The van der Waals surface area contributed by atoms with E-state index in [1.807, 2.05) is 30.3 Å². The second kappa shape index (κ2) is 9.02. The van der Waals surface area contributed by atoms with Gasteiger partial charge in [0, 0.05) is 29.1 Å². The van der Waals surface area contributed by atoms with Crippen molar-refractivity contribution < 1.29 is 9.59 Å². The number of hydrogen-bond acceptors (Lipinski definition) is 3. The predicted octanol–water partition coefficient (Wildman–Crippen LogP) is 5.18. The van der Waals surface area contributed by atoms with Crippen molar-refractivity contribution in [2.24, 2.45) is 0 Å². The predicted molar refractivity (Wildman–Crippen MR) is 128 cm³/mol. The summed E-state index contributed by atoms with van der Waals surface area (Å²) in [5, 5.41) is 7.00. The van der Waals surface area contributed by atoms with Crippen LogP contribution in [0.4, 0.5) is 5.69 Å². The molecule has 2 atom stereocenters. The fraction of sp³-hybridized carbons (Fsp3) is 0.125. The summed E-state index contributed by atoms with van der Waals surface area (Å²) in [5.41, 5.74) is 3.14. The maximum atomic E-state index is 12.8. The molecule has 1 saturated carbocycles. The number of carbonyl (C=O) groups is 2. The molecule has 5 rings (SSSR count). The topological polar surface area (TPSA) is 86.9 Å². The van der Waals surface area contributed by atoms with Crippen molar-refractivity contribution in [3.05, 3.63) is 94.8 Å². The zero-order valence-corrected chi connectivity index (χ0v) is 18.4. The molecule has 0 aliphatic heterocycles. The first-order valence-electron chi connectivity index (χ1n) is 9.98. The maximum absolute atomic E-state index is 12.8. The van der Waals surface area contributed by atoms with Crippen LogP contribution in [0.25, 0.3) is 11.0 Å². The number of fused-ring (bicyclic) bond motifs is 1. The molecule has 8 heteroatoms. The number of benzene rings is 2. The van der Waals surface area contributed by atoms with Gasteiger partial charge in [-0.3, -0.25) is 9.59 Å². The Morgan fingerprint density at radius 1 is 1.03 bits per heavy atom. The Hall–Kier alpha value is -3.35. The molecular formula is C24H20Cl2N4O2. The number of carbonyl (C=O) groups excluding carboxylic acids is 2. The van der Waals surface area contributed by atoms with Gasteiger partial charge in [0.05, 0.1) is 22.5 Å². The van der Waals surface area contributed by atoms with Gasteiger partial charge in [0.25, 0.3) is 11.8 Å². The molecule has 6 nitrogen and oxygen atoms in total. The summed E-state index contributed by atoms with van der Waals surface area (Å²) in [6.45, 7) is 0. The molecular weight excluding hydrogens is 447 g/mol. The Morgan fingerprint density at radius 2 is 1.84 bits per heavy atom. The van der Waals surface area contributed by atoms with Crippen LogP contribution < -0.4 is 10.6 Å². The van der Waals surface area contributed by atoms with Crippen molar-refractivity contribution in [1.29, 1.82) is 0 Å². The third-order valence-electron chi connectivity index (χ3n) is 5.47. The van der Waals surface area contributed by atoms with Gasteiger partial charge in [0.1, 0.15) is 5.65 Å². The molecule has 4 aromatic rings. The zero-order chi connectivity index (χ0) is 21.4. The number of halogens is 2. The highest BCUT2D eigenvalue weighted by molar-refractivity contribution is 6.34. The quantitative estimate of drug-likeness (QED) is 0.378. The standard InChI is InChI=1S/C24H19ClN4O2.ClH/c25-20-7-6-16(23(30)29-21-12-18(21)14-4-2-1-3-5-14)11-19(20)24(31)28-17-10-15-8-9-26-22(15)27-13-17;/h1-11,13,18,21H,12H2,(H,26,27)(H,28,31)(H,29,30);1H/t18-,21+;/m1./s1. The first-order valence-corrected chi connectivity index (χ1v) is 10.4. The number of nitrogens with zero attached hydrogens (tertiary/aromatic N) is 1. The Labute approximate surface area is 195 Å². The van der Waals surface area contributed by atoms with Crippen LogP contribution in [0.5, 0.6) is 0 Å². The summed E-state index contributed by atoms with van der Waals surface area (Å²) in [7, 11) is 0. The second-order valence-electron chi connectivity index (χ2n) is 7.62. The van der Waals surface area contributed by atoms with E-state index in [2.05, 4.69) is 32.7 Å². The number of pyridine rings is 1. The van der Waals surface area contributed by atoms with Crippen molar-refractivity contribution in [2.45, 2.75) is 18.4 Å². The van der Waals surface area contributed by atoms with Gasteiger partial charge in [0.15, 0.2) is 0 Å². The Balaban J connectivity index is 0.00000245. The highest BCUT2D eigenvalue weighted by atomic mass is 35.5. The molecule has 0 unspecified atom stereocenters. The summed E-state index contributed by atoms with van der Waals surface area (Å²) < 4.78 is 0. The second-order valence-corrected chi connectivity index (χ2v) is 8.03. The van der Waals surface area contributed by atoms with Crippen molar-refractivity contribution in [1.82, 2.24) is 15.3 Å². The molecule has 0 spiro atoms. The molecule has 0 bridgehead atoms. The van der Waals surface area contributed by atoms with Gasteiger partial charge in [0.2, 0.25) is 0 Å². The fourth-order valence-corrected chi connectivity index (χ4v) is 3.93. The van der Waals surface area contributed by atoms with E-state index in [1.54, 1.807) is 24.5 Å². The number of anilines is 1. The lowest BCUT2D eigenvalue weighted by Crippen LogP contribution is -2.27. The molecule has 0 radical (unpaired) electrons. The van der Waals surface area contributed by atoms with Gasteiger partial charge in [-0.25, -0.2) is 4.98 Å². The number of amides is 2. The summed E-state index contributed by atoms with van der Waals surface area (Å²) in [6, 6.07) is 18.6. The average Bonchev–Trinajstić information content (AvgIpc) is 3.39. The summed E-state index contributed by atoms with van der Waals surface area (Å²) in [4.78, 5) is 32.8. The average molecular weight is 467 g/mol. The van der Waals surface area contributed by atoms with Gasteiger partial charge in [-0.15, -0.1) is 12.4 Å². The minimum Gasteiger partial charge on any atom is -0.349 e. The molecule has 1 aliphatic carbocycles. The third kappa shape index (κ3) is 4.47. The SMILES string of the molecule is Cl.O=C(N[C@H]1C[C@@H]1c1ccccc1)c1ccc(Cl)c(C(=O)Nc2cnc3[nH]ccc3c2)c1. The Bertz CT molecular complexity index is 1290. The van der Waals surface area contributed by atoms with Gasteiger partial charge >= 0.3 is 0 Å². The molecule has 2 amide bonds. The molecule has 1 aliphatic rings. The van der Waals surface area contributed by atoms with E-state index >= 15 is 0 Å². The molecule has 1 fully saturated rings. The number of nitrogens with one attached hydrogen (secondary N) is 3. The van der Waals surface area contributed by atoms with E-state index in [0.29, 0.717) is 17.2 Å². The monoisotopic (exact) mass is 466 g/mol. The molecule has 3 N–H and O–H groups in total. The van der Waals surface area contributed by atoms with Gasteiger partial charge in [-0.05, 0) is 42.3 Å². The normalized spacial score (nSPS) is 16.8. The van der Waals surface area contributed by atoms with E-state index in [-0.39, 0.29) is 34.9 Å². The first-order chi connectivity index (χ1) is 15.1. The van der Waals surface area contributed by atoms with Crippen molar-refractivity contribution in [3.63, 3.8) is 0 Å². The minimum atomic E-state index is -0.398. The van der Waals surface area contributed by atoms with Crippen LogP contribution in [0, 0.1) is 0 Å². The Morgan fingerprint density at radius 3 is 2.66 bits per heavy atom. The molecule has 2 heterocycles. The van der Waals surface area contributed by atoms with Gasteiger partial charge in [-0.1, -0.05) is 41.9 Å². The molecule has 162 valence electrons. The smallest absolute Gasteiger partial charge is 0.257 e. The van der Waals surface area contributed by atoms with Crippen LogP contribution in [-0.2, 0) is 0 Å². The number of H-pyrrole nitrogens is 1. The van der Waals surface area contributed by atoms with Crippen LogP contribution in [0.3, 0.4) is 0 Å². The lowest BCUT2D eigenvalue weighted by molar-refractivity contribution is 0.0950. The van der Waals surface area contributed by atoms with E-state index in [1.165, 1.54) is 11.6 Å². The Kier molecular flexibility index (Phi) is 6.17. The first kappa shape index (κ1) is 21.9. The molecule has 2 aromatic heterocycles. The highest BCUT2D eigenvalue weighted by Crippen LogP contribution is 2.40. The van der Waals surface area contributed by atoms with Crippen molar-refractivity contribution in [3.8, 4) is 0 Å². The van der Waals surface area contributed by atoms with Crippen LogP contribution >= 0.6 is 24.0 Å². The molecule has 2 aromatic carbocycles. The lowest BCUT2D eigenvalue weighted by atomic mass is 10.1. The maximum Gasteiger partial charge on any atom is 0.257 e. The van der Waals surface area contributed by atoms with Crippen LogP contribution in [0.1, 0.15) is 38.6 Å². The number of hydrogen-bond donors (Lipinski definition) is 3. The number of aromatic amines is 1. The van der Waals surface area contributed by atoms with E-state index in [9.17, 15) is 9.59 Å².